The largest absolute Gasteiger partial charge is 0.756 e. The number of carbonyl (C=O) groups excluding carboxylic acids is 2. The van der Waals surface area contributed by atoms with Crippen molar-refractivity contribution >= 4 is 19.7 Å². The summed E-state index contributed by atoms with van der Waals surface area (Å²) in [5.41, 5.74) is 0. The summed E-state index contributed by atoms with van der Waals surface area (Å²) in [5.74, 6) is -0.538. The molecule has 0 aromatic rings. The topological polar surface area (TPSA) is 114 Å². The molecule has 3 atom stereocenters. The number of quaternary nitrogens is 1. The van der Waals surface area contributed by atoms with Crippen LogP contribution in [0, 0.1) is 0 Å². The molecule has 488 valence electrons. The summed E-state index contributed by atoms with van der Waals surface area (Å²) < 4.78 is 30.5. The van der Waals surface area contributed by atoms with Gasteiger partial charge < -0.3 is 28.5 Å². The number of nitrogens with zero attached hydrogens (tertiary/aromatic N) is 1. The average Bonchev–Trinajstić information content (AvgIpc) is 3.46. The van der Waals surface area contributed by atoms with Crippen molar-refractivity contribution in [1.82, 2.24) is 5.32 Å². The summed E-state index contributed by atoms with van der Waals surface area (Å²) in [4.78, 5) is 40.2. The number of likely N-dealkylation sites (N-methyl/N-ethyl adjacent to an activating group) is 1. The van der Waals surface area contributed by atoms with E-state index in [2.05, 4.69) is 62.5 Å². The molecule has 0 bridgehead atoms. The second kappa shape index (κ2) is 63.0. The van der Waals surface area contributed by atoms with Crippen LogP contribution in [0.5, 0.6) is 0 Å². The predicted octanol–water partition coefficient (Wildman–Crippen LogP) is 22.2. The van der Waals surface area contributed by atoms with E-state index in [1.54, 1.807) is 0 Å². The number of phosphoric acid groups is 1. The number of nitrogens with one attached hydrogen (secondary N) is 1. The Kier molecular flexibility index (Phi) is 61.5. The first-order chi connectivity index (χ1) is 40.4. The van der Waals surface area contributed by atoms with Crippen molar-refractivity contribution in [1.29, 1.82) is 0 Å². The molecule has 0 aromatic carbocycles. The molecule has 0 aliphatic heterocycles. The first-order valence-electron chi connectivity index (χ1n) is 35.9. The van der Waals surface area contributed by atoms with Crippen LogP contribution in [0.3, 0.4) is 0 Å². The number of allylic oxidation sites excluding steroid dienone is 7. The Bertz CT molecular complexity index is 1560. The van der Waals surface area contributed by atoms with Crippen molar-refractivity contribution in [2.45, 2.75) is 367 Å². The molecule has 0 saturated carbocycles. The number of amides is 1. The van der Waals surface area contributed by atoms with Gasteiger partial charge in [0.25, 0.3) is 7.82 Å². The minimum Gasteiger partial charge on any atom is -0.756 e. The third kappa shape index (κ3) is 64.3. The summed E-state index contributed by atoms with van der Waals surface area (Å²) in [6.45, 7) is 6.86. The molecular weight excluding hydrogens is 1050 g/mol. The van der Waals surface area contributed by atoms with E-state index in [0.29, 0.717) is 17.4 Å². The van der Waals surface area contributed by atoms with Crippen LogP contribution in [0.4, 0.5) is 0 Å². The van der Waals surface area contributed by atoms with Crippen molar-refractivity contribution in [3.8, 4) is 0 Å². The van der Waals surface area contributed by atoms with Crippen LogP contribution in [0.15, 0.2) is 48.6 Å². The highest BCUT2D eigenvalue weighted by atomic mass is 31.2. The number of hydrogen-bond donors (Lipinski definition) is 1. The van der Waals surface area contributed by atoms with Crippen molar-refractivity contribution < 1.29 is 37.3 Å². The van der Waals surface area contributed by atoms with Crippen LogP contribution in [-0.4, -0.2) is 69.4 Å². The molecule has 0 aromatic heterocycles. The Labute approximate surface area is 516 Å². The fraction of sp³-hybridized carbons (Fsp3) is 0.863. The smallest absolute Gasteiger partial charge is 0.306 e. The van der Waals surface area contributed by atoms with Crippen LogP contribution in [0.1, 0.15) is 355 Å². The molecule has 0 aliphatic rings. The van der Waals surface area contributed by atoms with E-state index in [1.807, 2.05) is 33.3 Å². The van der Waals surface area contributed by atoms with Crippen LogP contribution < -0.4 is 10.2 Å². The Morgan fingerprint density at radius 2 is 0.735 bits per heavy atom. The lowest BCUT2D eigenvalue weighted by molar-refractivity contribution is -0.870. The lowest BCUT2D eigenvalue weighted by atomic mass is 10.0. The number of rotatable bonds is 66. The predicted molar refractivity (Wildman–Crippen MR) is 358 cm³/mol. The van der Waals surface area contributed by atoms with Crippen molar-refractivity contribution in [2.24, 2.45) is 0 Å². The molecule has 10 heteroatoms. The zero-order chi connectivity index (χ0) is 60.7. The SMILES string of the molecule is CCCCC/C=C\C/C=C\C/C=C\CCCCCCCCC(=O)OC(/C=C/CCCCCCCCCCCCC)C(COP(=O)([O-])OCC[N+](C)(C)C)NC(=O)CCCCCCCCCCCCCCCCCCCCCCCCCCC. The molecule has 83 heavy (non-hydrogen) atoms. The lowest BCUT2D eigenvalue weighted by Gasteiger charge is -2.30. The van der Waals surface area contributed by atoms with E-state index < -0.39 is 20.0 Å². The minimum absolute atomic E-state index is 0.0230. The van der Waals surface area contributed by atoms with E-state index in [-0.39, 0.29) is 31.5 Å². The van der Waals surface area contributed by atoms with Gasteiger partial charge in [-0.15, -0.1) is 0 Å². The first-order valence-corrected chi connectivity index (χ1v) is 37.4. The minimum atomic E-state index is -4.71. The molecule has 0 fully saturated rings. The molecule has 1 N–H and O–H groups in total. The molecule has 9 nitrogen and oxygen atoms in total. The first kappa shape index (κ1) is 81.0. The second-order valence-corrected chi connectivity index (χ2v) is 27.2. The summed E-state index contributed by atoms with van der Waals surface area (Å²) in [6, 6.07) is -0.893. The number of hydrogen-bond acceptors (Lipinski definition) is 7. The van der Waals surface area contributed by atoms with Gasteiger partial charge in [0.2, 0.25) is 5.91 Å². The lowest BCUT2D eigenvalue weighted by Crippen LogP contribution is -2.47. The fourth-order valence-corrected chi connectivity index (χ4v) is 11.4. The van der Waals surface area contributed by atoms with Gasteiger partial charge in [-0.2, -0.15) is 0 Å². The van der Waals surface area contributed by atoms with Gasteiger partial charge in [-0.05, 0) is 70.3 Å². The average molecular weight is 1190 g/mol. The Balaban J connectivity index is 5.07. The number of ether oxygens (including phenoxy) is 1. The maximum absolute atomic E-state index is 13.6. The third-order valence-corrected chi connectivity index (χ3v) is 17.2. The quantitative estimate of drug-likeness (QED) is 0.0212. The van der Waals surface area contributed by atoms with E-state index >= 15 is 0 Å². The van der Waals surface area contributed by atoms with Crippen molar-refractivity contribution in [2.75, 3.05) is 40.9 Å². The Hall–Kier alpha value is -2.03. The van der Waals surface area contributed by atoms with Gasteiger partial charge in [-0.25, -0.2) is 0 Å². The van der Waals surface area contributed by atoms with Crippen LogP contribution in [0.25, 0.3) is 0 Å². The van der Waals surface area contributed by atoms with E-state index in [0.717, 1.165) is 83.5 Å². The molecule has 0 spiro atoms. The molecule has 0 radical (unpaired) electrons. The molecule has 0 saturated heterocycles. The highest BCUT2D eigenvalue weighted by Gasteiger charge is 2.27. The highest BCUT2D eigenvalue weighted by Crippen LogP contribution is 2.38. The van der Waals surface area contributed by atoms with Gasteiger partial charge in [0.1, 0.15) is 19.3 Å². The molecule has 0 heterocycles. The van der Waals surface area contributed by atoms with Crippen LogP contribution in [-0.2, 0) is 27.9 Å². The maximum Gasteiger partial charge on any atom is 0.306 e. The standard InChI is InChI=1S/C73H139N2O7P/c1-7-10-13-16-19-22-25-28-30-32-34-35-36-37-38-39-41-42-44-47-50-53-56-59-62-65-72(76)74-70(69-81-83(78,79)80-68-67-75(4,5)6)71(64-61-58-55-52-49-46-27-24-21-18-15-12-9-3)82-73(77)66-63-60-57-54-51-48-45-43-40-33-31-29-26-23-20-17-14-11-8-2/h20,23,29,31,40,43,61,64,70-71H,7-19,21-22,24-28,30,32-39,41-42,44-60,62-63,65-69H2,1-6H3,(H-,74,76,78,79)/b23-20-,31-29-,43-40-,64-61+. The zero-order valence-corrected chi connectivity index (χ0v) is 56.8. The third-order valence-electron chi connectivity index (χ3n) is 16.3. The van der Waals surface area contributed by atoms with Gasteiger partial charge in [-0.3, -0.25) is 14.2 Å². The van der Waals surface area contributed by atoms with Crippen molar-refractivity contribution in [3.63, 3.8) is 0 Å². The maximum atomic E-state index is 13.6. The molecule has 3 unspecified atom stereocenters. The zero-order valence-electron chi connectivity index (χ0n) is 55.9. The van der Waals surface area contributed by atoms with Crippen molar-refractivity contribution in [3.05, 3.63) is 48.6 Å². The van der Waals surface area contributed by atoms with Gasteiger partial charge >= 0.3 is 5.97 Å². The highest BCUT2D eigenvalue weighted by molar-refractivity contribution is 7.45. The number of esters is 1. The van der Waals surface area contributed by atoms with Crippen LogP contribution in [0.2, 0.25) is 0 Å². The summed E-state index contributed by atoms with van der Waals surface area (Å²) in [6.07, 6.45) is 79.5. The molecular formula is C73H139N2O7P. The van der Waals surface area contributed by atoms with E-state index in [1.165, 1.54) is 238 Å². The molecule has 0 rings (SSSR count). The van der Waals surface area contributed by atoms with Crippen LogP contribution >= 0.6 is 7.82 Å². The van der Waals surface area contributed by atoms with Gasteiger partial charge in [0.15, 0.2) is 0 Å². The Morgan fingerprint density at radius 1 is 0.422 bits per heavy atom. The van der Waals surface area contributed by atoms with E-state index in [4.69, 9.17) is 13.8 Å². The van der Waals surface area contributed by atoms with Gasteiger partial charge in [0.05, 0.1) is 33.8 Å². The Morgan fingerprint density at radius 3 is 1.12 bits per heavy atom. The summed E-state index contributed by atoms with van der Waals surface area (Å²) in [7, 11) is 1.19. The number of phosphoric ester groups is 1. The number of carbonyl (C=O) groups is 2. The summed E-state index contributed by atoms with van der Waals surface area (Å²) >= 11 is 0. The fourth-order valence-electron chi connectivity index (χ4n) is 10.7. The van der Waals surface area contributed by atoms with E-state index in [9.17, 15) is 19.0 Å². The second-order valence-electron chi connectivity index (χ2n) is 25.7. The molecule has 1 amide bonds. The van der Waals surface area contributed by atoms with Gasteiger partial charge in [-0.1, -0.05) is 320 Å². The van der Waals surface area contributed by atoms with Gasteiger partial charge in [0, 0.05) is 12.8 Å². The summed E-state index contributed by atoms with van der Waals surface area (Å²) in [5, 5.41) is 3.05. The normalized spacial score (nSPS) is 13.8. The number of unbranched alkanes of at least 4 members (excludes halogenated alkanes) is 44. The molecule has 0 aliphatic carbocycles. The monoisotopic (exact) mass is 1190 g/mol.